The van der Waals surface area contributed by atoms with E-state index in [1.165, 1.54) is 12.1 Å². The Bertz CT molecular complexity index is 816. The minimum atomic E-state index is -0.445. The average Bonchev–Trinajstić information content (AvgIpc) is 3.07. The Morgan fingerprint density at radius 1 is 1.29 bits per heavy atom. The van der Waals surface area contributed by atoms with Gasteiger partial charge in [0.2, 0.25) is 11.7 Å². The van der Waals surface area contributed by atoms with Crippen LogP contribution in [0.25, 0.3) is 11.5 Å². The normalized spacial score (nSPS) is 10.5. The molecule has 0 N–H and O–H groups in total. The van der Waals surface area contributed by atoms with Crippen LogP contribution in [0.1, 0.15) is 22.9 Å². The second-order valence-corrected chi connectivity index (χ2v) is 4.22. The highest BCUT2D eigenvalue weighted by Crippen LogP contribution is 2.18. The molecule has 104 valence electrons. The quantitative estimate of drug-likeness (QED) is 0.725. The molecule has 0 saturated heterocycles. The third-order valence-corrected chi connectivity index (χ3v) is 2.79. The first-order valence-corrected chi connectivity index (χ1v) is 5.97. The molecule has 3 heterocycles. The van der Waals surface area contributed by atoms with E-state index in [0.29, 0.717) is 22.7 Å². The van der Waals surface area contributed by atoms with Crippen molar-refractivity contribution in [3.8, 4) is 17.6 Å². The van der Waals surface area contributed by atoms with Crippen molar-refractivity contribution < 1.29 is 13.4 Å². The number of aromatic nitrogens is 4. The SMILES string of the molecule is Cc1onc(Cc2nc(-c3ccc(F)cn3)no2)c1C#N. The van der Waals surface area contributed by atoms with Crippen molar-refractivity contribution in [3.63, 3.8) is 0 Å². The monoisotopic (exact) mass is 285 g/mol. The minimum Gasteiger partial charge on any atom is -0.360 e. The van der Waals surface area contributed by atoms with Crippen molar-refractivity contribution in [2.75, 3.05) is 0 Å². The number of halogens is 1. The molecule has 21 heavy (non-hydrogen) atoms. The van der Waals surface area contributed by atoms with Crippen molar-refractivity contribution in [2.45, 2.75) is 13.3 Å². The van der Waals surface area contributed by atoms with E-state index in [1.54, 1.807) is 6.92 Å². The number of nitrogens with zero attached hydrogens (tertiary/aromatic N) is 5. The van der Waals surface area contributed by atoms with Crippen molar-refractivity contribution in [2.24, 2.45) is 0 Å². The van der Waals surface area contributed by atoms with Crippen LogP contribution in [0.15, 0.2) is 27.4 Å². The second-order valence-electron chi connectivity index (χ2n) is 4.22. The van der Waals surface area contributed by atoms with Crippen LogP contribution in [0.3, 0.4) is 0 Å². The molecule has 7 nitrogen and oxygen atoms in total. The fraction of sp³-hybridized carbons (Fsp3) is 0.154. The summed E-state index contributed by atoms with van der Waals surface area (Å²) in [7, 11) is 0. The van der Waals surface area contributed by atoms with Gasteiger partial charge in [0.25, 0.3) is 0 Å². The molecule has 0 amide bonds. The molecule has 0 unspecified atom stereocenters. The summed E-state index contributed by atoms with van der Waals surface area (Å²) in [6.07, 6.45) is 1.24. The molecule has 0 radical (unpaired) electrons. The van der Waals surface area contributed by atoms with Crippen molar-refractivity contribution in [1.29, 1.82) is 5.26 Å². The third kappa shape index (κ3) is 2.49. The predicted octanol–water partition coefficient (Wildman–Crippen LogP) is 2.03. The Labute approximate surface area is 118 Å². The van der Waals surface area contributed by atoms with Crippen molar-refractivity contribution in [1.82, 2.24) is 20.3 Å². The zero-order chi connectivity index (χ0) is 14.8. The lowest BCUT2D eigenvalue weighted by atomic mass is 10.2. The van der Waals surface area contributed by atoms with E-state index in [9.17, 15) is 4.39 Å². The van der Waals surface area contributed by atoms with E-state index in [0.717, 1.165) is 6.20 Å². The third-order valence-electron chi connectivity index (χ3n) is 2.79. The molecule has 0 atom stereocenters. The molecular weight excluding hydrogens is 277 g/mol. The summed E-state index contributed by atoms with van der Waals surface area (Å²) in [5.41, 5.74) is 1.18. The largest absolute Gasteiger partial charge is 0.360 e. The Balaban J connectivity index is 1.85. The molecule has 8 heteroatoms. The number of hydrogen-bond donors (Lipinski definition) is 0. The highest BCUT2D eigenvalue weighted by Gasteiger charge is 2.17. The van der Waals surface area contributed by atoms with Crippen LogP contribution in [-0.2, 0) is 6.42 Å². The minimum absolute atomic E-state index is 0.175. The lowest BCUT2D eigenvalue weighted by molar-refractivity contribution is 0.371. The summed E-state index contributed by atoms with van der Waals surface area (Å²) in [5, 5.41) is 16.6. The zero-order valence-electron chi connectivity index (χ0n) is 10.9. The van der Waals surface area contributed by atoms with Crippen LogP contribution < -0.4 is 0 Å². The fourth-order valence-electron chi connectivity index (χ4n) is 1.76. The first-order valence-electron chi connectivity index (χ1n) is 5.97. The highest BCUT2D eigenvalue weighted by molar-refractivity contribution is 5.47. The zero-order valence-corrected chi connectivity index (χ0v) is 10.9. The summed E-state index contributed by atoms with van der Waals surface area (Å²) in [6.45, 7) is 1.65. The van der Waals surface area contributed by atoms with E-state index in [4.69, 9.17) is 14.3 Å². The average molecular weight is 285 g/mol. The standard InChI is InChI=1S/C13H8FN5O2/c1-7-9(5-15)11(18-20-7)4-12-17-13(19-21-12)10-3-2-8(14)6-16-10/h2-3,6H,4H2,1H3. The number of hydrogen-bond acceptors (Lipinski definition) is 7. The molecule has 0 saturated carbocycles. The molecule has 0 aliphatic rings. The van der Waals surface area contributed by atoms with Gasteiger partial charge in [-0.25, -0.2) is 9.37 Å². The van der Waals surface area contributed by atoms with Crippen LogP contribution in [0.2, 0.25) is 0 Å². The first kappa shape index (κ1) is 12.9. The Morgan fingerprint density at radius 2 is 2.14 bits per heavy atom. The van der Waals surface area contributed by atoms with Gasteiger partial charge in [0.15, 0.2) is 5.76 Å². The summed E-state index contributed by atoms with van der Waals surface area (Å²) in [6, 6.07) is 4.72. The second kappa shape index (κ2) is 5.13. The van der Waals surface area contributed by atoms with Gasteiger partial charge in [0, 0.05) is 0 Å². The van der Waals surface area contributed by atoms with Gasteiger partial charge < -0.3 is 9.05 Å². The van der Waals surface area contributed by atoms with Gasteiger partial charge in [0.05, 0.1) is 12.6 Å². The van der Waals surface area contributed by atoms with E-state index >= 15 is 0 Å². The molecule has 3 aromatic rings. The molecular formula is C13H8FN5O2. The Hall–Kier alpha value is -3.08. The number of pyridine rings is 1. The predicted molar refractivity (Wildman–Crippen MR) is 66.2 cm³/mol. The van der Waals surface area contributed by atoms with Crippen LogP contribution in [0.4, 0.5) is 4.39 Å². The number of rotatable bonds is 3. The van der Waals surface area contributed by atoms with E-state index in [2.05, 4.69) is 20.3 Å². The molecule has 0 aromatic carbocycles. The number of aryl methyl sites for hydroxylation is 1. The summed E-state index contributed by atoms with van der Waals surface area (Å²) < 4.78 is 22.8. The molecule has 0 spiro atoms. The molecule has 0 bridgehead atoms. The molecule has 0 aliphatic carbocycles. The Kier molecular flexibility index (Phi) is 3.16. The van der Waals surface area contributed by atoms with Gasteiger partial charge >= 0.3 is 0 Å². The van der Waals surface area contributed by atoms with Gasteiger partial charge in [0.1, 0.15) is 28.8 Å². The van der Waals surface area contributed by atoms with Crippen LogP contribution >= 0.6 is 0 Å². The maximum Gasteiger partial charge on any atom is 0.233 e. The van der Waals surface area contributed by atoms with E-state index in [-0.39, 0.29) is 18.1 Å². The van der Waals surface area contributed by atoms with E-state index < -0.39 is 5.82 Å². The summed E-state index contributed by atoms with van der Waals surface area (Å²) in [5.74, 6) is 0.497. The Morgan fingerprint density at radius 3 is 2.86 bits per heavy atom. The molecule has 3 rings (SSSR count). The smallest absolute Gasteiger partial charge is 0.233 e. The van der Waals surface area contributed by atoms with Gasteiger partial charge in [-0.15, -0.1) is 0 Å². The maximum absolute atomic E-state index is 12.8. The van der Waals surface area contributed by atoms with Crippen molar-refractivity contribution in [3.05, 3.63) is 47.1 Å². The van der Waals surface area contributed by atoms with Gasteiger partial charge in [-0.2, -0.15) is 10.2 Å². The van der Waals surface area contributed by atoms with Crippen LogP contribution in [0, 0.1) is 24.1 Å². The number of nitriles is 1. The summed E-state index contributed by atoms with van der Waals surface area (Å²) in [4.78, 5) is 8.00. The lowest BCUT2D eigenvalue weighted by Gasteiger charge is -1.91. The van der Waals surface area contributed by atoms with Crippen LogP contribution in [-0.4, -0.2) is 20.3 Å². The molecule has 3 aromatic heterocycles. The van der Waals surface area contributed by atoms with Gasteiger partial charge in [-0.3, -0.25) is 0 Å². The van der Waals surface area contributed by atoms with E-state index in [1.807, 2.05) is 6.07 Å². The van der Waals surface area contributed by atoms with Crippen molar-refractivity contribution >= 4 is 0 Å². The van der Waals surface area contributed by atoms with Gasteiger partial charge in [-0.05, 0) is 19.1 Å². The highest BCUT2D eigenvalue weighted by atomic mass is 19.1. The van der Waals surface area contributed by atoms with Crippen LogP contribution in [0.5, 0.6) is 0 Å². The maximum atomic E-state index is 12.8. The molecule has 0 aliphatic heterocycles. The fourth-order valence-corrected chi connectivity index (χ4v) is 1.76. The molecule has 0 fully saturated rings. The first-order chi connectivity index (χ1) is 10.2. The lowest BCUT2D eigenvalue weighted by Crippen LogP contribution is -1.92. The topological polar surface area (TPSA) is 102 Å². The van der Waals surface area contributed by atoms with Gasteiger partial charge in [-0.1, -0.05) is 10.3 Å². The summed E-state index contributed by atoms with van der Waals surface area (Å²) >= 11 is 0.